The van der Waals surface area contributed by atoms with Gasteiger partial charge in [0, 0.05) is 30.9 Å². The molecule has 0 saturated carbocycles. The van der Waals surface area contributed by atoms with Gasteiger partial charge in [0.1, 0.15) is 5.82 Å². The molecule has 3 nitrogen and oxygen atoms in total. The van der Waals surface area contributed by atoms with Crippen LogP contribution in [0.1, 0.15) is 43.0 Å². The first-order valence-electron chi connectivity index (χ1n) is 7.52. The number of nitrogens with one attached hydrogen (secondary N) is 1. The molecule has 0 radical (unpaired) electrons. The molecule has 1 aliphatic rings. The lowest BCUT2D eigenvalue weighted by Crippen LogP contribution is -2.35. The van der Waals surface area contributed by atoms with Crippen LogP contribution >= 0.6 is 0 Å². The van der Waals surface area contributed by atoms with Crippen LogP contribution in [-0.4, -0.2) is 25.1 Å². The van der Waals surface area contributed by atoms with Gasteiger partial charge < -0.3 is 10.2 Å². The minimum atomic E-state index is 0.905. The van der Waals surface area contributed by atoms with Gasteiger partial charge in [-0.3, -0.25) is 0 Å². The van der Waals surface area contributed by atoms with Crippen molar-refractivity contribution in [1.82, 2.24) is 10.3 Å². The summed E-state index contributed by atoms with van der Waals surface area (Å²) in [4.78, 5) is 7.30. The van der Waals surface area contributed by atoms with Gasteiger partial charge in [-0.2, -0.15) is 0 Å². The maximum atomic E-state index is 4.81. The molecule has 1 aromatic rings. The molecule has 3 heteroatoms. The number of aromatic nitrogens is 1. The first kappa shape index (κ1) is 14.3. The minimum Gasteiger partial charge on any atom is -0.356 e. The van der Waals surface area contributed by atoms with Crippen molar-refractivity contribution in [2.24, 2.45) is 5.92 Å². The smallest absolute Gasteiger partial charge is 0.133 e. The van der Waals surface area contributed by atoms with Crippen molar-refractivity contribution in [3.8, 4) is 0 Å². The van der Waals surface area contributed by atoms with Crippen molar-refractivity contribution in [3.05, 3.63) is 22.9 Å². The van der Waals surface area contributed by atoms with Gasteiger partial charge in [-0.25, -0.2) is 4.98 Å². The third kappa shape index (κ3) is 3.27. The molecule has 0 bridgehead atoms. The summed E-state index contributed by atoms with van der Waals surface area (Å²) in [5, 5.41) is 3.28. The van der Waals surface area contributed by atoms with Gasteiger partial charge in [0.2, 0.25) is 0 Å². The van der Waals surface area contributed by atoms with E-state index in [0.29, 0.717) is 0 Å². The van der Waals surface area contributed by atoms with E-state index in [-0.39, 0.29) is 0 Å². The fourth-order valence-corrected chi connectivity index (χ4v) is 3.05. The summed E-state index contributed by atoms with van der Waals surface area (Å²) in [6.45, 7) is 9.82. The predicted molar refractivity (Wildman–Crippen MR) is 81.7 cm³/mol. The van der Waals surface area contributed by atoms with E-state index in [2.05, 4.69) is 37.1 Å². The SMILES string of the molecule is CCC1CCN(c2nc(C)cc(C)c2CNC)CC1. The summed E-state index contributed by atoms with van der Waals surface area (Å²) in [7, 11) is 2.01. The predicted octanol–water partition coefficient (Wildman–Crippen LogP) is 3.04. The molecule has 0 spiro atoms. The van der Waals surface area contributed by atoms with Crippen LogP contribution in [0, 0.1) is 19.8 Å². The van der Waals surface area contributed by atoms with E-state index >= 15 is 0 Å². The van der Waals surface area contributed by atoms with Crippen LogP contribution in [-0.2, 0) is 6.54 Å². The van der Waals surface area contributed by atoms with Crippen molar-refractivity contribution in [1.29, 1.82) is 0 Å². The molecule has 1 fully saturated rings. The number of hydrogen-bond donors (Lipinski definition) is 1. The van der Waals surface area contributed by atoms with Crippen molar-refractivity contribution in [3.63, 3.8) is 0 Å². The molecule has 0 amide bonds. The van der Waals surface area contributed by atoms with Crippen LogP contribution in [0.2, 0.25) is 0 Å². The summed E-state index contributed by atoms with van der Waals surface area (Å²) >= 11 is 0. The Labute approximate surface area is 117 Å². The van der Waals surface area contributed by atoms with E-state index in [0.717, 1.165) is 31.2 Å². The van der Waals surface area contributed by atoms with E-state index in [1.807, 2.05) is 7.05 Å². The highest BCUT2D eigenvalue weighted by Gasteiger charge is 2.21. The third-order valence-corrected chi connectivity index (χ3v) is 4.30. The monoisotopic (exact) mass is 261 g/mol. The van der Waals surface area contributed by atoms with E-state index in [9.17, 15) is 0 Å². The zero-order valence-electron chi connectivity index (χ0n) is 12.8. The second kappa shape index (κ2) is 6.38. The Bertz CT molecular complexity index is 420. The molecule has 1 saturated heterocycles. The Hall–Kier alpha value is -1.09. The lowest BCUT2D eigenvalue weighted by molar-refractivity contribution is 0.393. The van der Waals surface area contributed by atoms with E-state index < -0.39 is 0 Å². The summed E-state index contributed by atoms with van der Waals surface area (Å²) in [6.07, 6.45) is 3.94. The van der Waals surface area contributed by atoms with Crippen LogP contribution in [0.5, 0.6) is 0 Å². The molecule has 2 rings (SSSR count). The number of pyridine rings is 1. The highest BCUT2D eigenvalue weighted by atomic mass is 15.2. The fraction of sp³-hybridized carbons (Fsp3) is 0.688. The molecule has 0 aromatic carbocycles. The standard InChI is InChI=1S/C16H27N3/c1-5-14-6-8-19(9-7-14)16-15(11-17-4)12(2)10-13(3)18-16/h10,14,17H,5-9,11H2,1-4H3. The highest BCUT2D eigenvalue weighted by molar-refractivity contribution is 5.52. The van der Waals surface area contributed by atoms with Gasteiger partial charge in [-0.05, 0) is 51.3 Å². The largest absolute Gasteiger partial charge is 0.356 e. The Balaban J connectivity index is 2.23. The van der Waals surface area contributed by atoms with E-state index in [4.69, 9.17) is 4.98 Å². The Morgan fingerprint density at radius 1 is 1.32 bits per heavy atom. The lowest BCUT2D eigenvalue weighted by atomic mass is 9.94. The number of piperidine rings is 1. The first-order valence-corrected chi connectivity index (χ1v) is 7.52. The second-order valence-electron chi connectivity index (χ2n) is 5.75. The molecule has 2 heterocycles. The molecule has 1 N–H and O–H groups in total. The van der Waals surface area contributed by atoms with Crippen LogP contribution in [0.3, 0.4) is 0 Å². The van der Waals surface area contributed by atoms with Crippen molar-refractivity contribution in [2.75, 3.05) is 25.0 Å². The molecule has 0 unspecified atom stereocenters. The van der Waals surface area contributed by atoms with Gasteiger partial charge in [0.15, 0.2) is 0 Å². The normalized spacial score (nSPS) is 16.9. The van der Waals surface area contributed by atoms with Crippen LogP contribution in [0.25, 0.3) is 0 Å². The van der Waals surface area contributed by atoms with Gasteiger partial charge in [-0.1, -0.05) is 13.3 Å². The van der Waals surface area contributed by atoms with Crippen molar-refractivity contribution >= 4 is 5.82 Å². The summed E-state index contributed by atoms with van der Waals surface area (Å²) in [6, 6.07) is 2.19. The molecular formula is C16H27N3. The summed E-state index contributed by atoms with van der Waals surface area (Å²) in [5.41, 5.74) is 3.85. The minimum absolute atomic E-state index is 0.905. The molecule has 1 aromatic heterocycles. The van der Waals surface area contributed by atoms with Gasteiger partial charge in [-0.15, -0.1) is 0 Å². The average molecular weight is 261 g/mol. The molecular weight excluding hydrogens is 234 g/mol. The Morgan fingerprint density at radius 2 is 2.00 bits per heavy atom. The average Bonchev–Trinajstić information content (AvgIpc) is 2.42. The number of aryl methyl sites for hydroxylation is 2. The lowest BCUT2D eigenvalue weighted by Gasteiger charge is -2.34. The van der Waals surface area contributed by atoms with Crippen LogP contribution < -0.4 is 10.2 Å². The third-order valence-electron chi connectivity index (χ3n) is 4.30. The van der Waals surface area contributed by atoms with Gasteiger partial charge in [0.25, 0.3) is 0 Å². The summed E-state index contributed by atoms with van der Waals surface area (Å²) in [5.74, 6) is 2.12. The zero-order chi connectivity index (χ0) is 13.8. The van der Waals surface area contributed by atoms with Crippen molar-refractivity contribution in [2.45, 2.75) is 46.6 Å². The number of anilines is 1. The highest BCUT2D eigenvalue weighted by Crippen LogP contribution is 2.28. The number of rotatable bonds is 4. The quantitative estimate of drug-likeness (QED) is 0.903. The second-order valence-corrected chi connectivity index (χ2v) is 5.75. The van der Waals surface area contributed by atoms with Gasteiger partial charge >= 0.3 is 0 Å². The fourth-order valence-electron chi connectivity index (χ4n) is 3.05. The number of nitrogens with zero attached hydrogens (tertiary/aromatic N) is 2. The maximum Gasteiger partial charge on any atom is 0.133 e. The van der Waals surface area contributed by atoms with Crippen LogP contribution in [0.15, 0.2) is 6.07 Å². The molecule has 106 valence electrons. The number of hydrogen-bond acceptors (Lipinski definition) is 3. The topological polar surface area (TPSA) is 28.2 Å². The molecule has 19 heavy (non-hydrogen) atoms. The zero-order valence-corrected chi connectivity index (χ0v) is 12.8. The molecule has 0 aliphatic carbocycles. The molecule has 0 atom stereocenters. The van der Waals surface area contributed by atoms with E-state index in [1.165, 1.54) is 36.2 Å². The Morgan fingerprint density at radius 3 is 2.58 bits per heavy atom. The summed E-state index contributed by atoms with van der Waals surface area (Å²) < 4.78 is 0. The van der Waals surface area contributed by atoms with Gasteiger partial charge in [0.05, 0.1) is 0 Å². The van der Waals surface area contributed by atoms with Crippen LogP contribution in [0.4, 0.5) is 5.82 Å². The van der Waals surface area contributed by atoms with E-state index in [1.54, 1.807) is 0 Å². The maximum absolute atomic E-state index is 4.81. The van der Waals surface area contributed by atoms with Crippen molar-refractivity contribution < 1.29 is 0 Å². The molecule has 1 aliphatic heterocycles. The first-order chi connectivity index (χ1) is 9.15. The Kier molecular flexibility index (Phi) is 4.81.